The lowest BCUT2D eigenvalue weighted by Crippen LogP contribution is -2.36. The first-order chi connectivity index (χ1) is 9.16. The average molecular weight is 268 g/mol. The molecular weight excluding hydrogens is 252 g/mol. The molecule has 1 fully saturated rings. The van der Waals surface area contributed by atoms with Crippen LogP contribution in [0.5, 0.6) is 0 Å². The second kappa shape index (κ2) is 6.28. The first-order valence-corrected chi connectivity index (χ1v) is 6.17. The Kier molecular flexibility index (Phi) is 4.45. The largest absolute Gasteiger partial charge is 0.479 e. The van der Waals surface area contributed by atoms with Gasteiger partial charge in [0.1, 0.15) is 18.3 Å². The molecule has 1 aromatic heterocycles. The van der Waals surface area contributed by atoms with Crippen LogP contribution in [0, 0.1) is 0 Å². The predicted octanol–water partition coefficient (Wildman–Crippen LogP) is -0.514. The molecule has 2 rings (SSSR count). The Morgan fingerprint density at radius 3 is 2.89 bits per heavy atom. The molecular formula is C11H16N4O4. The smallest absolute Gasteiger partial charge is 0.332 e. The minimum atomic E-state index is -1.01. The number of nitrogens with one attached hydrogen (secondary N) is 2. The third-order valence-electron chi connectivity index (χ3n) is 2.94. The monoisotopic (exact) mass is 268 g/mol. The molecule has 2 heterocycles. The zero-order valence-corrected chi connectivity index (χ0v) is 10.3. The van der Waals surface area contributed by atoms with Gasteiger partial charge >= 0.3 is 5.97 Å². The van der Waals surface area contributed by atoms with Crippen LogP contribution in [-0.4, -0.2) is 50.9 Å². The predicted molar refractivity (Wildman–Crippen MR) is 63.2 cm³/mol. The number of H-pyrrole nitrogens is 1. The summed E-state index contributed by atoms with van der Waals surface area (Å²) in [6.07, 6.45) is 2.19. The van der Waals surface area contributed by atoms with E-state index in [-0.39, 0.29) is 5.91 Å². The van der Waals surface area contributed by atoms with E-state index in [1.807, 2.05) is 0 Å². The van der Waals surface area contributed by atoms with E-state index in [0.717, 1.165) is 12.2 Å². The molecule has 0 aliphatic carbocycles. The molecule has 1 aromatic rings. The van der Waals surface area contributed by atoms with E-state index in [2.05, 4.69) is 20.5 Å². The average Bonchev–Trinajstić information content (AvgIpc) is 3.05. The number of aryl methyl sites for hydroxylation is 1. The molecule has 0 bridgehead atoms. The summed E-state index contributed by atoms with van der Waals surface area (Å²) >= 11 is 0. The van der Waals surface area contributed by atoms with Crippen molar-refractivity contribution in [3.63, 3.8) is 0 Å². The maximum Gasteiger partial charge on any atom is 0.332 e. The fourth-order valence-corrected chi connectivity index (χ4v) is 1.94. The number of carbonyl (C=O) groups excluding carboxylic acids is 1. The van der Waals surface area contributed by atoms with Gasteiger partial charge in [0.25, 0.3) is 0 Å². The minimum absolute atomic E-state index is 0.249. The highest BCUT2D eigenvalue weighted by Gasteiger charge is 2.34. The van der Waals surface area contributed by atoms with Crippen LogP contribution in [0.15, 0.2) is 6.33 Å². The van der Waals surface area contributed by atoms with Gasteiger partial charge in [0, 0.05) is 13.0 Å². The number of hydrogen-bond acceptors (Lipinski definition) is 5. The number of amides is 1. The zero-order chi connectivity index (χ0) is 13.7. The van der Waals surface area contributed by atoms with Crippen molar-refractivity contribution in [3.8, 4) is 0 Å². The highest BCUT2D eigenvalue weighted by atomic mass is 16.5. The van der Waals surface area contributed by atoms with Crippen LogP contribution in [0.1, 0.15) is 25.1 Å². The van der Waals surface area contributed by atoms with Crippen molar-refractivity contribution in [3.05, 3.63) is 12.2 Å². The van der Waals surface area contributed by atoms with Gasteiger partial charge in [0.2, 0.25) is 5.91 Å². The molecule has 3 N–H and O–H groups in total. The van der Waals surface area contributed by atoms with E-state index in [0.29, 0.717) is 25.8 Å². The maximum atomic E-state index is 11.7. The van der Waals surface area contributed by atoms with Crippen LogP contribution >= 0.6 is 0 Å². The van der Waals surface area contributed by atoms with Crippen molar-refractivity contribution in [2.45, 2.75) is 37.9 Å². The molecule has 19 heavy (non-hydrogen) atoms. The van der Waals surface area contributed by atoms with Gasteiger partial charge in [-0.1, -0.05) is 0 Å². The summed E-state index contributed by atoms with van der Waals surface area (Å²) in [6, 6.07) is 0. The van der Waals surface area contributed by atoms with Crippen LogP contribution in [0.4, 0.5) is 0 Å². The van der Waals surface area contributed by atoms with Crippen molar-refractivity contribution < 1.29 is 19.4 Å². The van der Waals surface area contributed by atoms with E-state index in [4.69, 9.17) is 9.84 Å². The Morgan fingerprint density at radius 1 is 1.47 bits per heavy atom. The maximum absolute atomic E-state index is 11.7. The summed E-state index contributed by atoms with van der Waals surface area (Å²) in [5.74, 6) is -0.487. The van der Waals surface area contributed by atoms with Crippen LogP contribution in [-0.2, 0) is 20.7 Å². The number of carbonyl (C=O) groups is 2. The Balaban J connectivity index is 1.63. The first-order valence-electron chi connectivity index (χ1n) is 6.17. The normalized spacial score (nSPS) is 22.3. The van der Waals surface area contributed by atoms with Gasteiger partial charge in [-0.3, -0.25) is 9.89 Å². The summed E-state index contributed by atoms with van der Waals surface area (Å²) in [7, 11) is 0. The molecule has 2 atom stereocenters. The number of aliphatic carboxylic acids is 1. The molecule has 8 nitrogen and oxygen atoms in total. The molecule has 0 spiro atoms. The van der Waals surface area contributed by atoms with Gasteiger partial charge in [-0.25, -0.2) is 9.78 Å². The Morgan fingerprint density at radius 2 is 2.26 bits per heavy atom. The van der Waals surface area contributed by atoms with Crippen LogP contribution < -0.4 is 5.32 Å². The minimum Gasteiger partial charge on any atom is -0.479 e. The number of carboxylic acids is 1. The third-order valence-corrected chi connectivity index (χ3v) is 2.94. The van der Waals surface area contributed by atoms with E-state index in [1.165, 1.54) is 6.33 Å². The van der Waals surface area contributed by atoms with Gasteiger partial charge < -0.3 is 15.2 Å². The fourth-order valence-electron chi connectivity index (χ4n) is 1.94. The number of nitrogens with zero attached hydrogens (tertiary/aromatic N) is 2. The summed E-state index contributed by atoms with van der Waals surface area (Å²) in [6.45, 7) is 0.497. The van der Waals surface area contributed by atoms with E-state index in [1.54, 1.807) is 0 Å². The lowest BCUT2D eigenvalue weighted by atomic mass is 10.2. The quantitative estimate of drug-likeness (QED) is 0.598. The topological polar surface area (TPSA) is 117 Å². The fraction of sp³-hybridized carbons (Fsp3) is 0.636. The molecule has 0 saturated carbocycles. The third kappa shape index (κ3) is 3.75. The SMILES string of the molecule is O=C(NCCCc1ncn[nH]1)[C@@H]1CC[C@H](C(=O)O)O1. The lowest BCUT2D eigenvalue weighted by Gasteiger charge is -2.11. The number of hydrogen-bond donors (Lipinski definition) is 3. The lowest BCUT2D eigenvalue weighted by molar-refractivity contribution is -0.151. The number of ether oxygens (including phenoxy) is 1. The van der Waals surface area contributed by atoms with Crippen LogP contribution in [0.3, 0.4) is 0 Å². The molecule has 0 unspecified atom stereocenters. The number of aromatic amines is 1. The summed E-state index contributed by atoms with van der Waals surface area (Å²) < 4.78 is 5.15. The molecule has 8 heteroatoms. The summed E-state index contributed by atoms with van der Waals surface area (Å²) in [5.41, 5.74) is 0. The van der Waals surface area contributed by atoms with Gasteiger partial charge in [-0.05, 0) is 19.3 Å². The molecule has 1 aliphatic rings. The van der Waals surface area contributed by atoms with E-state index in [9.17, 15) is 9.59 Å². The van der Waals surface area contributed by atoms with Crippen molar-refractivity contribution in [2.75, 3.05) is 6.54 Å². The first kappa shape index (κ1) is 13.5. The van der Waals surface area contributed by atoms with Crippen molar-refractivity contribution >= 4 is 11.9 Å². The van der Waals surface area contributed by atoms with Crippen LogP contribution in [0.25, 0.3) is 0 Å². The highest BCUT2D eigenvalue weighted by molar-refractivity contribution is 5.82. The van der Waals surface area contributed by atoms with Crippen molar-refractivity contribution in [1.29, 1.82) is 0 Å². The summed E-state index contributed by atoms with van der Waals surface area (Å²) in [5, 5.41) is 17.9. The molecule has 1 saturated heterocycles. The van der Waals surface area contributed by atoms with Gasteiger partial charge in [0.05, 0.1) is 0 Å². The number of carboxylic acid groups (broad SMARTS) is 1. The van der Waals surface area contributed by atoms with Gasteiger partial charge in [-0.2, -0.15) is 5.10 Å². The Bertz CT molecular complexity index is 434. The van der Waals surface area contributed by atoms with E-state index < -0.39 is 18.2 Å². The second-order valence-corrected chi connectivity index (χ2v) is 4.36. The number of rotatable bonds is 6. The highest BCUT2D eigenvalue weighted by Crippen LogP contribution is 2.19. The molecule has 0 radical (unpaired) electrons. The number of aromatic nitrogens is 3. The zero-order valence-electron chi connectivity index (χ0n) is 10.3. The molecule has 1 aliphatic heterocycles. The van der Waals surface area contributed by atoms with Crippen LogP contribution in [0.2, 0.25) is 0 Å². The van der Waals surface area contributed by atoms with Gasteiger partial charge in [0.15, 0.2) is 6.10 Å². The molecule has 0 aromatic carbocycles. The standard InChI is InChI=1S/C11H16N4O4/c16-10(7-3-4-8(19-7)11(17)18)12-5-1-2-9-13-6-14-15-9/h6-8H,1-5H2,(H,12,16)(H,17,18)(H,13,14,15)/t7-,8+/m0/s1. The summed E-state index contributed by atoms with van der Waals surface area (Å²) in [4.78, 5) is 26.4. The van der Waals surface area contributed by atoms with Crippen molar-refractivity contribution in [1.82, 2.24) is 20.5 Å². The molecule has 1 amide bonds. The Labute approximate surface area is 109 Å². The Hall–Kier alpha value is -1.96. The van der Waals surface area contributed by atoms with Crippen molar-refractivity contribution in [2.24, 2.45) is 0 Å². The van der Waals surface area contributed by atoms with Gasteiger partial charge in [-0.15, -0.1) is 0 Å². The van der Waals surface area contributed by atoms with E-state index >= 15 is 0 Å². The molecule has 104 valence electrons. The second-order valence-electron chi connectivity index (χ2n) is 4.36.